The number of esters is 4. The van der Waals surface area contributed by atoms with Crippen molar-refractivity contribution in [3.05, 3.63) is 119 Å². The van der Waals surface area contributed by atoms with Crippen LogP contribution in [-0.4, -0.2) is 154 Å². The van der Waals surface area contributed by atoms with E-state index in [1.54, 1.807) is 0 Å². The molecule has 5 rings (SSSR count). The van der Waals surface area contributed by atoms with Crippen molar-refractivity contribution in [2.75, 3.05) is 28.2 Å². The minimum atomic E-state index is -1.51. The van der Waals surface area contributed by atoms with E-state index < -0.39 is 96.1 Å². The summed E-state index contributed by atoms with van der Waals surface area (Å²) in [6, 6.07) is 13.9. The van der Waals surface area contributed by atoms with E-state index in [0.717, 1.165) is 32.1 Å². The van der Waals surface area contributed by atoms with E-state index in [1.807, 2.05) is 141 Å². The second-order valence-corrected chi connectivity index (χ2v) is 23.6. The van der Waals surface area contributed by atoms with Gasteiger partial charge in [-0.3, -0.25) is 19.2 Å². The van der Waals surface area contributed by atoms with Gasteiger partial charge in [-0.05, 0) is 128 Å². The first kappa shape index (κ1) is 64.6. The Morgan fingerprint density at radius 2 is 0.704 bits per heavy atom. The average Bonchev–Trinajstić information content (AvgIpc) is 4.16. The first-order valence-corrected chi connectivity index (χ1v) is 28.5. The molecule has 0 spiro atoms. The number of amides is 4. The third-order valence-electron chi connectivity index (χ3n) is 14.8. The summed E-state index contributed by atoms with van der Waals surface area (Å²) in [6.45, 7) is 17.8. The molecule has 2 aromatic carbocycles. The molecule has 0 aliphatic carbocycles. The van der Waals surface area contributed by atoms with Crippen LogP contribution in [0.2, 0.25) is 0 Å². The molecule has 0 bridgehead atoms. The number of ether oxygens (including phenoxy) is 4. The Labute approximate surface area is 478 Å². The molecule has 8 atom stereocenters. The van der Waals surface area contributed by atoms with E-state index in [2.05, 4.69) is 9.97 Å². The summed E-state index contributed by atoms with van der Waals surface area (Å²) in [4.78, 5) is 128. The molecule has 2 aromatic heterocycles. The lowest BCUT2D eigenvalue weighted by atomic mass is 9.99. The first-order valence-electron chi connectivity index (χ1n) is 28.5. The molecular formula is C63H88N6O12. The molecule has 18 nitrogen and oxygen atoms in total. The molecule has 1 aliphatic rings. The van der Waals surface area contributed by atoms with Crippen LogP contribution in [0.5, 0.6) is 0 Å². The highest BCUT2D eigenvalue weighted by Gasteiger charge is 2.43. The number of cyclic esters (lactones) is 4. The molecule has 4 aromatic rings. The van der Waals surface area contributed by atoms with Crippen molar-refractivity contribution < 1.29 is 57.3 Å². The fourth-order valence-electron chi connectivity index (χ4n) is 10.0. The minimum Gasteiger partial charge on any atom is -0.451 e. The Morgan fingerprint density at radius 3 is 1.02 bits per heavy atom. The van der Waals surface area contributed by atoms with Crippen molar-refractivity contribution >= 4 is 47.5 Å². The van der Waals surface area contributed by atoms with Crippen molar-refractivity contribution in [1.29, 1.82) is 0 Å². The quantitative estimate of drug-likeness (QED) is 0.0762. The number of nitrogens with one attached hydrogen (secondary N) is 2. The Kier molecular flexibility index (Phi) is 23.9. The monoisotopic (exact) mass is 1120 g/mol. The van der Waals surface area contributed by atoms with Gasteiger partial charge in [-0.25, -0.2) is 19.2 Å². The van der Waals surface area contributed by atoms with Gasteiger partial charge in [0.25, 0.3) is 23.6 Å². The predicted molar refractivity (Wildman–Crippen MR) is 307 cm³/mol. The van der Waals surface area contributed by atoms with Crippen LogP contribution in [0.3, 0.4) is 0 Å². The summed E-state index contributed by atoms with van der Waals surface area (Å²) in [5, 5.41) is 0. The Hall–Kier alpha value is -7.24. The Bertz CT molecular complexity index is 2690. The summed E-state index contributed by atoms with van der Waals surface area (Å²) >= 11 is 0. The number of rotatable bonds is 17. The lowest BCUT2D eigenvalue weighted by Gasteiger charge is -2.35. The number of hydrogen-bond acceptors (Lipinski definition) is 12. The zero-order valence-corrected chi connectivity index (χ0v) is 50.1. The highest BCUT2D eigenvalue weighted by Crippen LogP contribution is 2.25. The van der Waals surface area contributed by atoms with Gasteiger partial charge in [0.1, 0.15) is 24.2 Å². The molecule has 1 fully saturated rings. The number of carbonyl (C=O) groups excluding carboxylic acids is 8. The number of H-pyrrole nitrogens is 2. The van der Waals surface area contributed by atoms with E-state index in [1.165, 1.54) is 51.8 Å². The van der Waals surface area contributed by atoms with Crippen molar-refractivity contribution in [2.24, 2.45) is 23.7 Å². The molecule has 81 heavy (non-hydrogen) atoms. The molecule has 18 heteroatoms. The summed E-state index contributed by atoms with van der Waals surface area (Å²) < 4.78 is 24.3. The maximum absolute atomic E-state index is 15.0. The van der Waals surface area contributed by atoms with E-state index in [0.29, 0.717) is 30.4 Å². The molecule has 2 N–H and O–H groups in total. The van der Waals surface area contributed by atoms with Gasteiger partial charge in [-0.2, -0.15) is 0 Å². The van der Waals surface area contributed by atoms with Gasteiger partial charge in [-0.15, -0.1) is 0 Å². The van der Waals surface area contributed by atoms with Crippen molar-refractivity contribution in [1.82, 2.24) is 29.6 Å². The van der Waals surface area contributed by atoms with Crippen LogP contribution in [0.4, 0.5) is 0 Å². The summed E-state index contributed by atoms with van der Waals surface area (Å²) in [5.74, 6) is -7.01. The maximum Gasteiger partial charge on any atom is 0.329 e. The molecule has 3 heterocycles. The van der Waals surface area contributed by atoms with Crippen LogP contribution in [0.25, 0.3) is 0 Å². The number of hydrogen-bond donors (Lipinski definition) is 2. The van der Waals surface area contributed by atoms with E-state index in [-0.39, 0.29) is 62.2 Å². The predicted octanol–water partition coefficient (Wildman–Crippen LogP) is 7.89. The third-order valence-corrected chi connectivity index (χ3v) is 14.8. The number of likely N-dealkylation sites (N-methyl/N-ethyl adjacent to an activating group) is 4. The lowest BCUT2D eigenvalue weighted by Crippen LogP contribution is -2.54. The van der Waals surface area contributed by atoms with Gasteiger partial charge < -0.3 is 48.5 Å². The summed E-state index contributed by atoms with van der Waals surface area (Å²) in [6.07, 6.45) is 3.46. The average molecular weight is 1120 g/mol. The Morgan fingerprint density at radius 1 is 0.395 bits per heavy atom. The molecular weight excluding hydrogens is 1030 g/mol. The number of nitrogens with zero attached hydrogens (tertiary/aromatic N) is 4. The van der Waals surface area contributed by atoms with Crippen LogP contribution in [0.15, 0.2) is 85.5 Å². The maximum atomic E-state index is 15.0. The van der Waals surface area contributed by atoms with E-state index in [9.17, 15) is 33.6 Å². The van der Waals surface area contributed by atoms with Crippen molar-refractivity contribution in [3.63, 3.8) is 0 Å². The second kappa shape index (κ2) is 30.0. The molecule has 1 aliphatic heterocycles. The summed E-state index contributed by atoms with van der Waals surface area (Å²) in [5.41, 5.74) is 5.43. The number of benzene rings is 2. The van der Waals surface area contributed by atoms with Crippen molar-refractivity contribution in [2.45, 2.75) is 176 Å². The lowest BCUT2D eigenvalue weighted by molar-refractivity contribution is -0.176. The third kappa shape index (κ3) is 18.7. The molecule has 1 saturated heterocycles. The van der Waals surface area contributed by atoms with Crippen molar-refractivity contribution in [3.8, 4) is 0 Å². The van der Waals surface area contributed by atoms with Crippen LogP contribution < -0.4 is 0 Å². The van der Waals surface area contributed by atoms with Gasteiger partial charge in [0, 0.05) is 65.8 Å². The number of aromatic nitrogens is 2. The largest absolute Gasteiger partial charge is 0.451 e. The topological polar surface area (TPSA) is 218 Å². The highest BCUT2D eigenvalue weighted by atomic mass is 16.6. The van der Waals surface area contributed by atoms with Gasteiger partial charge in [0.2, 0.25) is 0 Å². The summed E-state index contributed by atoms with van der Waals surface area (Å²) in [7, 11) is 5.63. The van der Waals surface area contributed by atoms with Gasteiger partial charge in [0.05, 0.1) is 0 Å². The smallest absolute Gasteiger partial charge is 0.329 e. The molecule has 4 amide bonds. The molecule has 0 saturated carbocycles. The zero-order valence-electron chi connectivity index (χ0n) is 50.1. The van der Waals surface area contributed by atoms with E-state index in [4.69, 9.17) is 18.9 Å². The Balaban J connectivity index is 1.59. The normalized spacial score (nSPS) is 23.1. The number of carbonyl (C=O) groups is 8. The minimum absolute atomic E-state index is 0.0768. The number of aromatic amines is 2. The zero-order chi connectivity index (χ0) is 59.8. The fourth-order valence-corrected chi connectivity index (χ4v) is 10.0. The van der Waals surface area contributed by atoms with E-state index >= 15 is 4.79 Å². The van der Waals surface area contributed by atoms with Crippen LogP contribution in [-0.2, 0) is 83.0 Å². The van der Waals surface area contributed by atoms with Gasteiger partial charge in [-0.1, -0.05) is 104 Å². The first-order chi connectivity index (χ1) is 38.2. The SMILES string of the molecule is CC(C)CC[C@H]1C(=O)O[C@H](C)C(=O)N(C)[C@@H](CC(C)C)C(=O)O[C@H](Cc2ccc(Cc3cc[nH]c3)cc2)C(=O)N(C)[C@@H](CC(C)C)C(=O)O[C@H](C)C(=O)N(C)[C@@H](CC(C)C)C(=O)O[C@H](Cc2ccc(Cc3cc[nH]c3)cc2)C(=O)N1C. The molecule has 442 valence electrons. The second-order valence-electron chi connectivity index (χ2n) is 23.6. The van der Waals surface area contributed by atoms with Gasteiger partial charge in [0.15, 0.2) is 24.4 Å². The molecule has 0 radical (unpaired) electrons. The standard InChI is InChI=1S/C63H88N6O12/c1-38(2)15-24-50-60(74)78-42(9)56(70)67(12)53(31-41(7)8)63(77)81-55(35-47-22-18-45(19-23-47)33-49-26-28-65-37-49)59(73)69(14)51(29-39(3)4)61(75)79-43(10)57(71)68(13)52(30-40(5)6)62(76)80-54(58(72)66(50)11)34-46-20-16-44(17-21-46)32-48-25-27-64-36-48/h16-23,25-28,36-43,50-55,64-65H,15,24,29-35H2,1-14H3/t42-,43-,50+,51+,52+,53+,54-,55-/m1/s1. The molecule has 0 unspecified atom stereocenters. The van der Waals surface area contributed by atoms with Crippen LogP contribution in [0, 0.1) is 23.7 Å². The van der Waals surface area contributed by atoms with Crippen LogP contribution >= 0.6 is 0 Å². The fraction of sp³-hybridized carbons (Fsp3) is 0.556. The van der Waals surface area contributed by atoms with Gasteiger partial charge >= 0.3 is 23.9 Å². The van der Waals surface area contributed by atoms with Crippen LogP contribution in [0.1, 0.15) is 135 Å². The highest BCUT2D eigenvalue weighted by molar-refractivity contribution is 5.94.